The van der Waals surface area contributed by atoms with Crippen LogP contribution in [0.2, 0.25) is 0 Å². The van der Waals surface area contributed by atoms with E-state index in [-0.39, 0.29) is 0 Å². The van der Waals surface area contributed by atoms with E-state index >= 15 is 0 Å². The van der Waals surface area contributed by atoms with Crippen LogP contribution in [0.15, 0.2) is 24.3 Å². The molecule has 1 rings (SSSR count). The molecular weight excluding hydrogens is 218 g/mol. The SMILES string of the molecule is CNC(CCCc1ccc(C(C)C)cc1)C(C)C. The molecule has 1 heteroatoms. The molecule has 1 N–H and O–H groups in total. The molecule has 0 heterocycles. The predicted molar refractivity (Wildman–Crippen MR) is 81.2 cm³/mol. The first-order valence-corrected chi connectivity index (χ1v) is 7.30. The molecule has 0 saturated heterocycles. The Morgan fingerprint density at radius 3 is 2.06 bits per heavy atom. The number of benzene rings is 1. The molecule has 1 nitrogen and oxygen atoms in total. The van der Waals surface area contributed by atoms with Crippen molar-refractivity contribution >= 4 is 0 Å². The average molecular weight is 247 g/mol. The Kier molecular flexibility index (Phi) is 6.42. The third-order valence-corrected chi connectivity index (χ3v) is 3.80. The van der Waals surface area contributed by atoms with Crippen LogP contribution in [0.25, 0.3) is 0 Å². The Labute approximate surface area is 113 Å². The van der Waals surface area contributed by atoms with Gasteiger partial charge in [0.05, 0.1) is 0 Å². The molecule has 0 spiro atoms. The van der Waals surface area contributed by atoms with Crippen LogP contribution in [0.4, 0.5) is 0 Å². The minimum absolute atomic E-state index is 0.633. The molecule has 0 radical (unpaired) electrons. The summed E-state index contributed by atoms with van der Waals surface area (Å²) >= 11 is 0. The summed E-state index contributed by atoms with van der Waals surface area (Å²) in [4.78, 5) is 0. The van der Waals surface area contributed by atoms with Crippen molar-refractivity contribution in [1.29, 1.82) is 0 Å². The molecule has 0 aromatic heterocycles. The van der Waals surface area contributed by atoms with Gasteiger partial charge in [-0.2, -0.15) is 0 Å². The zero-order valence-corrected chi connectivity index (χ0v) is 12.7. The first kappa shape index (κ1) is 15.2. The molecule has 1 aromatic rings. The van der Waals surface area contributed by atoms with Gasteiger partial charge in [-0.25, -0.2) is 0 Å². The van der Waals surface area contributed by atoms with Gasteiger partial charge in [-0.15, -0.1) is 0 Å². The molecule has 18 heavy (non-hydrogen) atoms. The van der Waals surface area contributed by atoms with Gasteiger partial charge in [-0.05, 0) is 49.3 Å². The van der Waals surface area contributed by atoms with E-state index in [0.717, 1.165) is 5.92 Å². The van der Waals surface area contributed by atoms with Crippen molar-refractivity contribution in [3.05, 3.63) is 35.4 Å². The summed E-state index contributed by atoms with van der Waals surface area (Å²) in [5.74, 6) is 1.35. The highest BCUT2D eigenvalue weighted by atomic mass is 14.9. The van der Waals surface area contributed by atoms with Crippen LogP contribution in [0, 0.1) is 5.92 Å². The monoisotopic (exact) mass is 247 g/mol. The maximum atomic E-state index is 3.41. The zero-order valence-electron chi connectivity index (χ0n) is 12.7. The molecule has 0 aliphatic rings. The Bertz CT molecular complexity index is 324. The molecule has 0 aliphatic heterocycles. The molecule has 0 bridgehead atoms. The molecule has 102 valence electrons. The second-order valence-electron chi connectivity index (χ2n) is 5.93. The smallest absolute Gasteiger partial charge is 0.00871 e. The fourth-order valence-corrected chi connectivity index (χ4v) is 2.41. The van der Waals surface area contributed by atoms with Crippen LogP contribution in [0.3, 0.4) is 0 Å². The number of hydrogen-bond acceptors (Lipinski definition) is 1. The van der Waals surface area contributed by atoms with Crippen molar-refractivity contribution in [3.63, 3.8) is 0 Å². The quantitative estimate of drug-likeness (QED) is 0.754. The zero-order chi connectivity index (χ0) is 13.5. The summed E-state index contributed by atoms with van der Waals surface area (Å²) in [7, 11) is 2.07. The van der Waals surface area contributed by atoms with Crippen LogP contribution in [-0.2, 0) is 6.42 Å². The van der Waals surface area contributed by atoms with E-state index in [0.29, 0.717) is 12.0 Å². The normalized spacial score (nSPS) is 13.3. The van der Waals surface area contributed by atoms with Gasteiger partial charge >= 0.3 is 0 Å². The minimum atomic E-state index is 0.633. The number of hydrogen-bond donors (Lipinski definition) is 1. The van der Waals surface area contributed by atoms with Crippen molar-refractivity contribution in [3.8, 4) is 0 Å². The molecular formula is C17H29N. The molecule has 1 unspecified atom stereocenters. The fraction of sp³-hybridized carbons (Fsp3) is 0.647. The van der Waals surface area contributed by atoms with Crippen LogP contribution < -0.4 is 5.32 Å². The van der Waals surface area contributed by atoms with Gasteiger partial charge in [-0.3, -0.25) is 0 Å². The number of aryl methyl sites for hydroxylation is 1. The highest BCUT2D eigenvalue weighted by Crippen LogP contribution is 2.16. The highest BCUT2D eigenvalue weighted by molar-refractivity contribution is 5.24. The van der Waals surface area contributed by atoms with Gasteiger partial charge < -0.3 is 5.32 Å². The van der Waals surface area contributed by atoms with E-state index in [4.69, 9.17) is 0 Å². The van der Waals surface area contributed by atoms with Crippen molar-refractivity contribution in [2.75, 3.05) is 7.05 Å². The summed E-state index contributed by atoms with van der Waals surface area (Å²) < 4.78 is 0. The van der Waals surface area contributed by atoms with Crippen LogP contribution >= 0.6 is 0 Å². The van der Waals surface area contributed by atoms with Crippen molar-refractivity contribution in [1.82, 2.24) is 5.32 Å². The molecule has 0 amide bonds. The topological polar surface area (TPSA) is 12.0 Å². The Hall–Kier alpha value is -0.820. The molecule has 0 aliphatic carbocycles. The van der Waals surface area contributed by atoms with Crippen LogP contribution in [0.1, 0.15) is 57.6 Å². The summed E-state index contributed by atoms with van der Waals surface area (Å²) in [5, 5.41) is 3.41. The number of nitrogens with one attached hydrogen (secondary N) is 1. The van der Waals surface area contributed by atoms with Crippen molar-refractivity contribution in [2.45, 2.75) is 58.9 Å². The van der Waals surface area contributed by atoms with Gasteiger partial charge in [0.25, 0.3) is 0 Å². The minimum Gasteiger partial charge on any atom is -0.317 e. The maximum Gasteiger partial charge on any atom is 0.00871 e. The average Bonchev–Trinajstić information content (AvgIpc) is 2.34. The molecule has 0 saturated carbocycles. The van der Waals surface area contributed by atoms with E-state index in [1.54, 1.807) is 0 Å². The van der Waals surface area contributed by atoms with Gasteiger partial charge in [-0.1, -0.05) is 52.0 Å². The van der Waals surface area contributed by atoms with Gasteiger partial charge in [0.15, 0.2) is 0 Å². The molecule has 1 atom stereocenters. The van der Waals surface area contributed by atoms with Crippen molar-refractivity contribution < 1.29 is 0 Å². The molecule has 0 fully saturated rings. The van der Waals surface area contributed by atoms with E-state index in [2.05, 4.69) is 64.3 Å². The summed E-state index contributed by atoms with van der Waals surface area (Å²) in [6.45, 7) is 9.07. The number of rotatable bonds is 7. The van der Waals surface area contributed by atoms with E-state index < -0.39 is 0 Å². The second-order valence-corrected chi connectivity index (χ2v) is 5.93. The second kappa shape index (κ2) is 7.58. The summed E-state index contributed by atoms with van der Waals surface area (Å²) in [6, 6.07) is 9.79. The Balaban J connectivity index is 2.39. The van der Waals surface area contributed by atoms with Crippen LogP contribution in [-0.4, -0.2) is 13.1 Å². The Morgan fingerprint density at radius 1 is 1.00 bits per heavy atom. The summed E-state index contributed by atoms with van der Waals surface area (Å²) in [5.41, 5.74) is 2.91. The lowest BCUT2D eigenvalue weighted by molar-refractivity contribution is 0.393. The van der Waals surface area contributed by atoms with Gasteiger partial charge in [0.1, 0.15) is 0 Å². The lowest BCUT2D eigenvalue weighted by atomic mass is 9.96. The first-order valence-electron chi connectivity index (χ1n) is 7.30. The maximum absolute atomic E-state index is 3.41. The van der Waals surface area contributed by atoms with Gasteiger partial charge in [0.2, 0.25) is 0 Å². The largest absolute Gasteiger partial charge is 0.317 e. The molecule has 1 aromatic carbocycles. The third kappa shape index (κ3) is 4.81. The highest BCUT2D eigenvalue weighted by Gasteiger charge is 2.09. The third-order valence-electron chi connectivity index (χ3n) is 3.80. The lowest BCUT2D eigenvalue weighted by Crippen LogP contribution is -2.30. The van der Waals surface area contributed by atoms with E-state index in [9.17, 15) is 0 Å². The van der Waals surface area contributed by atoms with E-state index in [1.807, 2.05) is 0 Å². The van der Waals surface area contributed by atoms with E-state index in [1.165, 1.54) is 30.4 Å². The lowest BCUT2D eigenvalue weighted by Gasteiger charge is -2.19. The predicted octanol–water partition coefficient (Wildman–Crippen LogP) is 4.38. The summed E-state index contributed by atoms with van der Waals surface area (Å²) in [6.07, 6.45) is 3.73. The first-order chi connectivity index (χ1) is 8.54. The fourth-order valence-electron chi connectivity index (χ4n) is 2.41. The van der Waals surface area contributed by atoms with Gasteiger partial charge in [0, 0.05) is 6.04 Å². The Morgan fingerprint density at radius 2 is 1.61 bits per heavy atom. The standard InChI is InChI=1S/C17H29N/c1-13(2)16-11-9-15(10-12-16)7-6-8-17(18-5)14(3)4/h9-14,17-18H,6-8H2,1-5H3. The van der Waals surface area contributed by atoms with Crippen molar-refractivity contribution in [2.24, 2.45) is 5.92 Å². The van der Waals surface area contributed by atoms with Crippen LogP contribution in [0.5, 0.6) is 0 Å².